The Balaban J connectivity index is 1.93. The molecule has 1 unspecified atom stereocenters. The Bertz CT molecular complexity index is 395. The van der Waals surface area contributed by atoms with Crippen LogP contribution in [0.1, 0.15) is 77.6 Å². The summed E-state index contributed by atoms with van der Waals surface area (Å²) in [5.41, 5.74) is 1.15. The van der Waals surface area contributed by atoms with E-state index in [1.807, 2.05) is 0 Å². The third-order valence-electron chi connectivity index (χ3n) is 5.06. The summed E-state index contributed by atoms with van der Waals surface area (Å²) in [5.74, 6) is 0.368. The molecule has 0 aromatic carbocycles. The van der Waals surface area contributed by atoms with Gasteiger partial charge in [-0.15, -0.1) is 0 Å². The summed E-state index contributed by atoms with van der Waals surface area (Å²) < 4.78 is 0. The third kappa shape index (κ3) is 9.57. The molecule has 0 aromatic heterocycles. The number of carbonyl (C=O) groups excluding carboxylic acids is 1. The number of likely N-dealkylation sites (tertiary alicyclic amines) is 1. The van der Waals surface area contributed by atoms with Crippen molar-refractivity contribution in [3.05, 3.63) is 25.1 Å². The molecule has 1 amide bonds. The number of hydrogen-bond acceptors (Lipinski definition) is 3. The van der Waals surface area contributed by atoms with Crippen molar-refractivity contribution >= 4 is 5.91 Å². The largest absolute Gasteiger partial charge is 0.391 e. The van der Waals surface area contributed by atoms with Crippen LogP contribution < -0.4 is 10.6 Å². The van der Waals surface area contributed by atoms with E-state index in [-0.39, 0.29) is 0 Å². The van der Waals surface area contributed by atoms with Gasteiger partial charge in [0.2, 0.25) is 5.91 Å². The van der Waals surface area contributed by atoms with E-state index in [1.165, 1.54) is 32.1 Å². The number of carbonyl (C=O) groups is 1. The van der Waals surface area contributed by atoms with E-state index in [9.17, 15) is 4.79 Å². The van der Waals surface area contributed by atoms with E-state index in [0.717, 1.165) is 63.9 Å². The Morgan fingerprint density at radius 1 is 1.12 bits per heavy atom. The number of unbranched alkanes of at least 4 members (excludes halogenated alkanes) is 4. The predicted molar refractivity (Wildman–Crippen MR) is 107 cm³/mol. The van der Waals surface area contributed by atoms with Crippen LogP contribution in [0.5, 0.6) is 0 Å². The standard InChI is InChI=1S/C21H39N3O/c1-4-20-14-12-18-24(20)21(25)15-9-7-11-17-23-19(3)13-8-6-10-16-22-5-2/h5,20,22-23H,2-4,6-18H2,1H3. The molecule has 0 aromatic rings. The fraction of sp³-hybridized carbons (Fsp3) is 0.762. The van der Waals surface area contributed by atoms with Gasteiger partial charge in [0.05, 0.1) is 0 Å². The Kier molecular flexibility index (Phi) is 11.9. The predicted octanol–water partition coefficient (Wildman–Crippen LogP) is 4.34. The van der Waals surface area contributed by atoms with Crippen LogP contribution in [0, 0.1) is 0 Å². The molecule has 1 saturated heterocycles. The molecule has 1 aliphatic heterocycles. The van der Waals surface area contributed by atoms with Crippen molar-refractivity contribution in [3.8, 4) is 0 Å². The molecular formula is C21H39N3O. The maximum atomic E-state index is 12.3. The molecule has 0 bridgehead atoms. The Morgan fingerprint density at radius 2 is 1.84 bits per heavy atom. The van der Waals surface area contributed by atoms with Gasteiger partial charge in [0.25, 0.3) is 0 Å². The van der Waals surface area contributed by atoms with Crippen LogP contribution >= 0.6 is 0 Å². The van der Waals surface area contributed by atoms with E-state index in [1.54, 1.807) is 6.20 Å². The highest BCUT2D eigenvalue weighted by atomic mass is 16.2. The van der Waals surface area contributed by atoms with Crippen molar-refractivity contribution in [3.63, 3.8) is 0 Å². The molecule has 1 aliphatic rings. The summed E-state index contributed by atoms with van der Waals surface area (Å²) in [7, 11) is 0. The molecule has 0 spiro atoms. The van der Waals surface area contributed by atoms with Crippen molar-refractivity contribution in [1.29, 1.82) is 0 Å². The second-order valence-corrected chi connectivity index (χ2v) is 7.10. The van der Waals surface area contributed by atoms with Crippen LogP contribution in [0.3, 0.4) is 0 Å². The molecule has 4 nitrogen and oxygen atoms in total. The van der Waals surface area contributed by atoms with Crippen molar-refractivity contribution in [1.82, 2.24) is 15.5 Å². The van der Waals surface area contributed by atoms with Gasteiger partial charge in [-0.05, 0) is 57.6 Å². The minimum Gasteiger partial charge on any atom is -0.391 e. The number of rotatable bonds is 15. The zero-order chi connectivity index (χ0) is 18.3. The van der Waals surface area contributed by atoms with Crippen LogP contribution in [0.15, 0.2) is 25.1 Å². The molecule has 0 radical (unpaired) electrons. The van der Waals surface area contributed by atoms with Gasteiger partial charge in [-0.25, -0.2) is 0 Å². The highest BCUT2D eigenvalue weighted by Crippen LogP contribution is 2.21. The topological polar surface area (TPSA) is 44.4 Å². The molecule has 144 valence electrons. The lowest BCUT2D eigenvalue weighted by atomic mass is 10.1. The molecule has 4 heteroatoms. The zero-order valence-corrected chi connectivity index (χ0v) is 16.3. The first kappa shape index (κ1) is 21.6. The van der Waals surface area contributed by atoms with E-state index in [4.69, 9.17) is 0 Å². The first-order valence-corrected chi connectivity index (χ1v) is 10.2. The number of amides is 1. The highest BCUT2D eigenvalue weighted by Gasteiger charge is 2.26. The van der Waals surface area contributed by atoms with Gasteiger partial charge in [0, 0.05) is 37.8 Å². The Hall–Kier alpha value is -1.45. The summed E-state index contributed by atoms with van der Waals surface area (Å²) in [6, 6.07) is 0.505. The van der Waals surface area contributed by atoms with Crippen molar-refractivity contribution in [2.75, 3.05) is 19.6 Å². The summed E-state index contributed by atoms with van der Waals surface area (Å²) in [4.78, 5) is 14.4. The van der Waals surface area contributed by atoms with Crippen molar-refractivity contribution in [2.24, 2.45) is 0 Å². The van der Waals surface area contributed by atoms with Gasteiger partial charge < -0.3 is 15.5 Å². The fourth-order valence-corrected chi connectivity index (χ4v) is 3.51. The zero-order valence-electron chi connectivity index (χ0n) is 16.3. The van der Waals surface area contributed by atoms with Crippen LogP contribution in [0.2, 0.25) is 0 Å². The Morgan fingerprint density at radius 3 is 2.56 bits per heavy atom. The van der Waals surface area contributed by atoms with Gasteiger partial charge in [-0.3, -0.25) is 4.79 Å². The van der Waals surface area contributed by atoms with Gasteiger partial charge in [-0.2, -0.15) is 0 Å². The van der Waals surface area contributed by atoms with Gasteiger partial charge in [-0.1, -0.05) is 32.9 Å². The van der Waals surface area contributed by atoms with E-state index < -0.39 is 0 Å². The maximum absolute atomic E-state index is 12.3. The molecule has 0 aliphatic carbocycles. The molecular weight excluding hydrogens is 310 g/mol. The lowest BCUT2D eigenvalue weighted by Crippen LogP contribution is -2.34. The van der Waals surface area contributed by atoms with Gasteiger partial charge in [0.15, 0.2) is 0 Å². The first-order chi connectivity index (χ1) is 12.2. The molecule has 0 saturated carbocycles. The summed E-state index contributed by atoms with van der Waals surface area (Å²) in [6.07, 6.45) is 13.8. The summed E-state index contributed by atoms with van der Waals surface area (Å²) >= 11 is 0. The minimum atomic E-state index is 0.368. The fourth-order valence-electron chi connectivity index (χ4n) is 3.51. The second kappa shape index (κ2) is 13.8. The summed E-state index contributed by atoms with van der Waals surface area (Å²) in [6.45, 7) is 12.9. The normalized spacial score (nSPS) is 16.7. The van der Waals surface area contributed by atoms with E-state index >= 15 is 0 Å². The maximum Gasteiger partial charge on any atom is 0.222 e. The average molecular weight is 350 g/mol. The number of nitrogens with one attached hydrogen (secondary N) is 2. The summed E-state index contributed by atoms with van der Waals surface area (Å²) in [5, 5.41) is 6.54. The van der Waals surface area contributed by atoms with Gasteiger partial charge in [0.1, 0.15) is 0 Å². The Labute approximate surface area is 155 Å². The second-order valence-electron chi connectivity index (χ2n) is 7.10. The van der Waals surface area contributed by atoms with Gasteiger partial charge >= 0.3 is 0 Å². The van der Waals surface area contributed by atoms with Crippen LogP contribution in [-0.2, 0) is 4.79 Å². The molecule has 1 rings (SSSR count). The lowest BCUT2D eigenvalue weighted by molar-refractivity contribution is -0.132. The smallest absolute Gasteiger partial charge is 0.222 e. The van der Waals surface area contributed by atoms with Crippen molar-refractivity contribution in [2.45, 2.75) is 83.6 Å². The number of allylic oxidation sites excluding steroid dienone is 1. The van der Waals surface area contributed by atoms with Crippen LogP contribution in [0.4, 0.5) is 0 Å². The van der Waals surface area contributed by atoms with Crippen LogP contribution in [0.25, 0.3) is 0 Å². The van der Waals surface area contributed by atoms with Crippen LogP contribution in [-0.4, -0.2) is 36.5 Å². The molecule has 1 heterocycles. The first-order valence-electron chi connectivity index (χ1n) is 10.2. The molecule has 1 fully saturated rings. The average Bonchev–Trinajstić information content (AvgIpc) is 3.09. The highest BCUT2D eigenvalue weighted by molar-refractivity contribution is 5.76. The number of hydrogen-bond donors (Lipinski definition) is 2. The third-order valence-corrected chi connectivity index (χ3v) is 5.06. The quantitative estimate of drug-likeness (QED) is 0.432. The molecule has 1 atom stereocenters. The van der Waals surface area contributed by atoms with Crippen molar-refractivity contribution < 1.29 is 4.79 Å². The van der Waals surface area contributed by atoms with E-state index in [0.29, 0.717) is 11.9 Å². The minimum absolute atomic E-state index is 0.368. The molecule has 2 N–H and O–H groups in total. The molecule has 25 heavy (non-hydrogen) atoms. The SMILES string of the molecule is C=CNCCCCCC(=C)NCCCCCC(=O)N1CCCC1CC. The lowest BCUT2D eigenvalue weighted by Gasteiger charge is -2.23. The number of nitrogens with zero attached hydrogens (tertiary/aromatic N) is 1. The monoisotopic (exact) mass is 349 g/mol. The van der Waals surface area contributed by atoms with E-state index in [2.05, 4.69) is 35.6 Å².